The summed E-state index contributed by atoms with van der Waals surface area (Å²) in [7, 11) is 1.51. The topological polar surface area (TPSA) is 75.0 Å². The van der Waals surface area contributed by atoms with Gasteiger partial charge in [0.1, 0.15) is 5.75 Å². The molecule has 0 unspecified atom stereocenters. The molecule has 0 atom stereocenters. The fourth-order valence-corrected chi connectivity index (χ4v) is 1.96. The first-order valence-corrected chi connectivity index (χ1v) is 5.73. The minimum absolute atomic E-state index is 0.0776. The van der Waals surface area contributed by atoms with Gasteiger partial charge in [-0.3, -0.25) is 9.78 Å². The Morgan fingerprint density at radius 3 is 2.83 bits per heavy atom. The third-order valence-corrected chi connectivity index (χ3v) is 3.00. The maximum absolute atomic E-state index is 12.3. The molecule has 1 amide bonds. The van der Waals surface area contributed by atoms with Crippen molar-refractivity contribution in [2.24, 2.45) is 5.16 Å². The third-order valence-electron chi connectivity index (χ3n) is 3.00. The number of rotatable bonds is 2. The van der Waals surface area contributed by atoms with Gasteiger partial charge in [-0.15, -0.1) is 0 Å². The Kier molecular flexibility index (Phi) is 3.76. The summed E-state index contributed by atoms with van der Waals surface area (Å²) < 4.78 is 5.13. The molecule has 6 heteroatoms. The number of nitrogens with zero attached hydrogens (tertiary/aromatic N) is 3. The molecule has 0 aromatic carbocycles. The van der Waals surface area contributed by atoms with Crippen LogP contribution in [-0.2, 0) is 0 Å². The second kappa shape index (κ2) is 5.48. The van der Waals surface area contributed by atoms with Gasteiger partial charge < -0.3 is 14.8 Å². The molecule has 1 aromatic rings. The number of amides is 1. The van der Waals surface area contributed by atoms with E-state index in [9.17, 15) is 4.79 Å². The smallest absolute Gasteiger partial charge is 0.257 e. The fourth-order valence-electron chi connectivity index (χ4n) is 1.96. The van der Waals surface area contributed by atoms with Crippen LogP contribution in [-0.4, -0.2) is 46.9 Å². The SMILES string of the molecule is COc1cnccc1C(=O)N1CCC(=NO)CC1. The number of ether oxygens (including phenoxy) is 1. The van der Waals surface area contributed by atoms with Gasteiger partial charge in [-0.1, -0.05) is 5.16 Å². The van der Waals surface area contributed by atoms with Crippen LogP contribution >= 0.6 is 0 Å². The van der Waals surface area contributed by atoms with Crippen LogP contribution in [0.4, 0.5) is 0 Å². The van der Waals surface area contributed by atoms with E-state index in [1.807, 2.05) is 0 Å². The van der Waals surface area contributed by atoms with E-state index in [0.717, 1.165) is 5.71 Å². The predicted octanol–water partition coefficient (Wildman–Crippen LogP) is 1.16. The number of hydrogen-bond donors (Lipinski definition) is 1. The second-order valence-electron chi connectivity index (χ2n) is 4.03. The van der Waals surface area contributed by atoms with Crippen LogP contribution in [0.15, 0.2) is 23.6 Å². The van der Waals surface area contributed by atoms with Crippen LogP contribution < -0.4 is 4.74 Å². The van der Waals surface area contributed by atoms with Gasteiger partial charge in [-0.2, -0.15) is 0 Å². The molecule has 6 nitrogen and oxygen atoms in total. The van der Waals surface area contributed by atoms with Crippen LogP contribution in [0.3, 0.4) is 0 Å². The number of aromatic nitrogens is 1. The average molecular weight is 249 g/mol. The first-order valence-electron chi connectivity index (χ1n) is 5.73. The Bertz CT molecular complexity index is 463. The van der Waals surface area contributed by atoms with Crippen molar-refractivity contribution in [3.8, 4) is 5.75 Å². The average Bonchev–Trinajstić information content (AvgIpc) is 2.46. The molecule has 1 aliphatic heterocycles. The fraction of sp³-hybridized carbons (Fsp3) is 0.417. The molecule has 1 fully saturated rings. The largest absolute Gasteiger partial charge is 0.494 e. The highest BCUT2D eigenvalue weighted by atomic mass is 16.5. The van der Waals surface area contributed by atoms with Gasteiger partial charge in [0.2, 0.25) is 0 Å². The van der Waals surface area contributed by atoms with Crippen molar-refractivity contribution in [3.63, 3.8) is 0 Å². The van der Waals surface area contributed by atoms with Crippen molar-refractivity contribution in [2.45, 2.75) is 12.8 Å². The molecular formula is C12H15N3O3. The lowest BCUT2D eigenvalue weighted by molar-refractivity contribution is 0.0750. The van der Waals surface area contributed by atoms with Gasteiger partial charge in [0.25, 0.3) is 5.91 Å². The molecule has 2 heterocycles. The van der Waals surface area contributed by atoms with Crippen molar-refractivity contribution < 1.29 is 14.7 Å². The molecule has 0 saturated carbocycles. The van der Waals surface area contributed by atoms with Gasteiger partial charge in [0.05, 0.1) is 24.6 Å². The number of piperidine rings is 1. The summed E-state index contributed by atoms with van der Waals surface area (Å²) in [5.74, 6) is 0.398. The van der Waals surface area contributed by atoms with E-state index >= 15 is 0 Å². The van der Waals surface area contributed by atoms with Crippen LogP contribution in [0, 0.1) is 0 Å². The Morgan fingerprint density at radius 1 is 1.50 bits per heavy atom. The first kappa shape index (κ1) is 12.3. The standard InChI is InChI=1S/C12H15N3O3/c1-18-11-8-13-5-2-10(11)12(16)15-6-3-9(14-17)4-7-15/h2,5,8,17H,3-4,6-7H2,1H3. The summed E-state index contributed by atoms with van der Waals surface area (Å²) >= 11 is 0. The third kappa shape index (κ3) is 2.42. The zero-order valence-electron chi connectivity index (χ0n) is 10.2. The van der Waals surface area contributed by atoms with E-state index in [-0.39, 0.29) is 5.91 Å². The number of oxime groups is 1. The summed E-state index contributed by atoms with van der Waals surface area (Å²) in [5, 5.41) is 11.9. The molecule has 1 aromatic heterocycles. The van der Waals surface area contributed by atoms with Gasteiger partial charge in [-0.25, -0.2) is 0 Å². The highest BCUT2D eigenvalue weighted by molar-refractivity contribution is 5.98. The number of methoxy groups -OCH3 is 1. The van der Waals surface area contributed by atoms with E-state index in [1.165, 1.54) is 13.3 Å². The summed E-state index contributed by atoms with van der Waals surface area (Å²) in [4.78, 5) is 17.9. The van der Waals surface area contributed by atoms with E-state index in [0.29, 0.717) is 37.2 Å². The Hall–Kier alpha value is -2.11. The van der Waals surface area contributed by atoms with E-state index < -0.39 is 0 Å². The van der Waals surface area contributed by atoms with Crippen molar-refractivity contribution in [2.75, 3.05) is 20.2 Å². The van der Waals surface area contributed by atoms with Crippen molar-refractivity contribution in [1.29, 1.82) is 0 Å². The Balaban J connectivity index is 2.12. The Labute approximate surface area is 105 Å². The van der Waals surface area contributed by atoms with Crippen molar-refractivity contribution >= 4 is 11.6 Å². The summed E-state index contributed by atoms with van der Waals surface area (Å²) in [6.45, 7) is 1.12. The normalized spacial score (nSPS) is 15.4. The molecular weight excluding hydrogens is 234 g/mol. The van der Waals surface area contributed by atoms with Gasteiger partial charge >= 0.3 is 0 Å². The molecule has 2 rings (SSSR count). The van der Waals surface area contributed by atoms with Gasteiger partial charge in [0, 0.05) is 32.1 Å². The van der Waals surface area contributed by atoms with Gasteiger partial charge in [0.15, 0.2) is 0 Å². The zero-order chi connectivity index (χ0) is 13.0. The molecule has 0 aliphatic carbocycles. The molecule has 96 valence electrons. The maximum atomic E-state index is 12.3. The summed E-state index contributed by atoms with van der Waals surface area (Å²) in [5.41, 5.74) is 1.25. The molecule has 1 N–H and O–H groups in total. The van der Waals surface area contributed by atoms with Crippen LogP contribution in [0.25, 0.3) is 0 Å². The zero-order valence-corrected chi connectivity index (χ0v) is 10.2. The lowest BCUT2D eigenvalue weighted by atomic mass is 10.1. The minimum Gasteiger partial charge on any atom is -0.494 e. The van der Waals surface area contributed by atoms with Crippen LogP contribution in [0.2, 0.25) is 0 Å². The summed E-state index contributed by atoms with van der Waals surface area (Å²) in [6, 6.07) is 1.65. The number of hydrogen-bond acceptors (Lipinski definition) is 5. The van der Waals surface area contributed by atoms with Crippen molar-refractivity contribution in [1.82, 2.24) is 9.88 Å². The van der Waals surface area contributed by atoms with E-state index in [2.05, 4.69) is 10.1 Å². The minimum atomic E-state index is -0.0776. The maximum Gasteiger partial charge on any atom is 0.257 e. The van der Waals surface area contributed by atoms with Crippen LogP contribution in [0.1, 0.15) is 23.2 Å². The molecule has 0 radical (unpaired) electrons. The van der Waals surface area contributed by atoms with E-state index in [4.69, 9.17) is 9.94 Å². The number of pyridine rings is 1. The monoisotopic (exact) mass is 249 g/mol. The van der Waals surface area contributed by atoms with Crippen LogP contribution in [0.5, 0.6) is 5.75 Å². The first-order chi connectivity index (χ1) is 8.76. The molecule has 0 spiro atoms. The predicted molar refractivity (Wildman–Crippen MR) is 65.1 cm³/mol. The van der Waals surface area contributed by atoms with Gasteiger partial charge in [-0.05, 0) is 6.07 Å². The molecule has 1 saturated heterocycles. The summed E-state index contributed by atoms with van der Waals surface area (Å²) in [6.07, 6.45) is 4.31. The quantitative estimate of drug-likeness (QED) is 0.630. The lowest BCUT2D eigenvalue weighted by Crippen LogP contribution is -2.38. The van der Waals surface area contributed by atoms with E-state index in [1.54, 1.807) is 17.2 Å². The highest BCUT2D eigenvalue weighted by Gasteiger charge is 2.23. The molecule has 0 bridgehead atoms. The molecule has 1 aliphatic rings. The lowest BCUT2D eigenvalue weighted by Gasteiger charge is -2.27. The second-order valence-corrected chi connectivity index (χ2v) is 4.03. The Morgan fingerprint density at radius 2 is 2.22 bits per heavy atom. The number of likely N-dealkylation sites (tertiary alicyclic amines) is 1. The van der Waals surface area contributed by atoms with Crippen molar-refractivity contribution in [3.05, 3.63) is 24.0 Å². The number of carbonyl (C=O) groups is 1. The number of carbonyl (C=O) groups excluding carboxylic acids is 1. The highest BCUT2D eigenvalue weighted by Crippen LogP contribution is 2.19. The molecule has 18 heavy (non-hydrogen) atoms.